The highest BCUT2D eigenvalue weighted by Gasteiger charge is 2.34. The highest BCUT2D eigenvalue weighted by atomic mass is 15.4. The van der Waals surface area contributed by atoms with Crippen molar-refractivity contribution >= 4 is 17.3 Å². The molecule has 2 aromatic rings. The number of aromatic nitrogens is 4. The van der Waals surface area contributed by atoms with Gasteiger partial charge >= 0.3 is 0 Å². The molecule has 18 heavy (non-hydrogen) atoms. The van der Waals surface area contributed by atoms with Gasteiger partial charge in [-0.25, -0.2) is 15.0 Å². The molecule has 0 fully saturated rings. The molecule has 0 amide bonds. The molecule has 0 saturated heterocycles. The molecule has 2 aromatic heterocycles. The number of aryl methyl sites for hydroxylation is 1. The van der Waals surface area contributed by atoms with Gasteiger partial charge in [0.15, 0.2) is 11.6 Å². The van der Waals surface area contributed by atoms with Gasteiger partial charge in [0, 0.05) is 19.4 Å². The number of hydrogen-bond donors (Lipinski definition) is 0. The maximum absolute atomic E-state index is 4.43. The summed E-state index contributed by atoms with van der Waals surface area (Å²) >= 11 is 0. The molecule has 3 rings (SSSR count). The zero-order valence-corrected chi connectivity index (χ0v) is 10.6. The Bertz CT molecular complexity index is 584. The number of anilines is 3. The maximum atomic E-state index is 4.43. The van der Waals surface area contributed by atoms with Gasteiger partial charge in [-0.05, 0) is 13.8 Å². The second kappa shape index (κ2) is 3.90. The second-order valence-electron chi connectivity index (χ2n) is 4.31. The average Bonchev–Trinajstić information content (AvgIpc) is 2.64. The molecule has 92 valence electrons. The van der Waals surface area contributed by atoms with Crippen LogP contribution in [-0.4, -0.2) is 33.1 Å². The van der Waals surface area contributed by atoms with Gasteiger partial charge in [0.2, 0.25) is 0 Å². The smallest absolute Gasteiger partial charge is 0.157 e. The summed E-state index contributed by atoms with van der Waals surface area (Å²) in [4.78, 5) is 21.4. The molecule has 3 heterocycles. The molecule has 6 heteroatoms. The van der Waals surface area contributed by atoms with Crippen LogP contribution in [0.2, 0.25) is 0 Å². The topological polar surface area (TPSA) is 58.0 Å². The third-order valence-electron chi connectivity index (χ3n) is 3.28. The molecule has 1 aliphatic heterocycles. The first kappa shape index (κ1) is 10.9. The maximum Gasteiger partial charge on any atom is 0.157 e. The lowest BCUT2D eigenvalue weighted by Crippen LogP contribution is -2.36. The molecule has 0 radical (unpaired) electrons. The summed E-state index contributed by atoms with van der Waals surface area (Å²) in [5, 5.41) is 0. The molecule has 0 saturated carbocycles. The van der Waals surface area contributed by atoms with E-state index in [1.807, 2.05) is 20.2 Å². The summed E-state index contributed by atoms with van der Waals surface area (Å²) in [6.45, 7) is 4.06. The predicted octanol–water partition coefficient (Wildman–Crippen LogP) is 1.51. The van der Waals surface area contributed by atoms with Gasteiger partial charge in [0.25, 0.3) is 0 Å². The zero-order chi connectivity index (χ0) is 12.7. The monoisotopic (exact) mass is 242 g/mol. The molecule has 6 nitrogen and oxygen atoms in total. The first-order valence-corrected chi connectivity index (χ1v) is 5.80. The minimum Gasteiger partial charge on any atom is -0.337 e. The molecular formula is C12H14N6. The van der Waals surface area contributed by atoms with E-state index in [0.29, 0.717) is 0 Å². The summed E-state index contributed by atoms with van der Waals surface area (Å²) in [5.41, 5.74) is 1.87. The standard InChI is InChI=1S/C12H14N6/c1-8-11(15-5-4-14-8)18-9(2)17(3)12-10(18)6-13-7-16-12/h4-7,9H,1-3H3. The Balaban J connectivity index is 2.16. The van der Waals surface area contributed by atoms with Crippen molar-refractivity contribution in [2.24, 2.45) is 0 Å². The van der Waals surface area contributed by atoms with Crippen molar-refractivity contribution in [1.82, 2.24) is 19.9 Å². The quantitative estimate of drug-likeness (QED) is 0.755. The van der Waals surface area contributed by atoms with Crippen LogP contribution in [0, 0.1) is 6.92 Å². The van der Waals surface area contributed by atoms with E-state index in [0.717, 1.165) is 23.0 Å². The van der Waals surface area contributed by atoms with E-state index in [1.54, 1.807) is 18.7 Å². The Morgan fingerprint density at radius 1 is 1.11 bits per heavy atom. The van der Waals surface area contributed by atoms with Crippen LogP contribution in [0.1, 0.15) is 12.6 Å². The SMILES string of the molecule is Cc1nccnc1N1c2cncnc2N(C)C1C. The average molecular weight is 242 g/mol. The first-order valence-electron chi connectivity index (χ1n) is 5.80. The van der Waals surface area contributed by atoms with E-state index < -0.39 is 0 Å². The highest BCUT2D eigenvalue weighted by Crippen LogP contribution is 2.40. The molecule has 1 aliphatic rings. The van der Waals surface area contributed by atoms with Gasteiger partial charge in [-0.3, -0.25) is 9.88 Å². The van der Waals surface area contributed by atoms with Crippen LogP contribution in [-0.2, 0) is 0 Å². The van der Waals surface area contributed by atoms with E-state index in [-0.39, 0.29) is 6.17 Å². The van der Waals surface area contributed by atoms with Crippen molar-refractivity contribution < 1.29 is 0 Å². The minimum atomic E-state index is 0.145. The molecule has 0 aromatic carbocycles. The van der Waals surface area contributed by atoms with Crippen LogP contribution < -0.4 is 9.80 Å². The van der Waals surface area contributed by atoms with Crippen molar-refractivity contribution in [1.29, 1.82) is 0 Å². The number of nitrogens with zero attached hydrogens (tertiary/aromatic N) is 6. The van der Waals surface area contributed by atoms with Gasteiger partial charge < -0.3 is 4.90 Å². The molecule has 0 spiro atoms. The van der Waals surface area contributed by atoms with E-state index in [4.69, 9.17) is 0 Å². The summed E-state index contributed by atoms with van der Waals surface area (Å²) < 4.78 is 0. The number of rotatable bonds is 1. The summed E-state index contributed by atoms with van der Waals surface area (Å²) in [5.74, 6) is 1.77. The van der Waals surface area contributed by atoms with Gasteiger partial charge in [0.1, 0.15) is 18.2 Å². The molecule has 0 N–H and O–H groups in total. The van der Waals surface area contributed by atoms with E-state index in [2.05, 4.69) is 36.7 Å². The van der Waals surface area contributed by atoms with E-state index in [9.17, 15) is 0 Å². The lowest BCUT2D eigenvalue weighted by Gasteiger charge is -2.26. The van der Waals surface area contributed by atoms with Crippen LogP contribution in [0.3, 0.4) is 0 Å². The van der Waals surface area contributed by atoms with Crippen LogP contribution >= 0.6 is 0 Å². The number of hydrogen-bond acceptors (Lipinski definition) is 6. The van der Waals surface area contributed by atoms with Crippen molar-refractivity contribution in [3.63, 3.8) is 0 Å². The molecule has 0 aliphatic carbocycles. The third-order valence-corrected chi connectivity index (χ3v) is 3.28. The first-order chi connectivity index (χ1) is 8.70. The van der Waals surface area contributed by atoms with E-state index in [1.165, 1.54) is 0 Å². The largest absolute Gasteiger partial charge is 0.337 e. The van der Waals surface area contributed by atoms with Gasteiger partial charge in [-0.15, -0.1) is 0 Å². The fraction of sp³-hybridized carbons (Fsp3) is 0.333. The summed E-state index contributed by atoms with van der Waals surface area (Å²) in [6, 6.07) is 0. The fourth-order valence-electron chi connectivity index (χ4n) is 2.24. The van der Waals surface area contributed by atoms with Crippen LogP contribution in [0.25, 0.3) is 0 Å². The normalized spacial score (nSPS) is 18.1. The van der Waals surface area contributed by atoms with Crippen LogP contribution in [0.5, 0.6) is 0 Å². The van der Waals surface area contributed by atoms with Crippen molar-refractivity contribution in [3.05, 3.63) is 30.6 Å². The number of fused-ring (bicyclic) bond motifs is 1. The highest BCUT2D eigenvalue weighted by molar-refractivity contribution is 5.79. The Morgan fingerprint density at radius 2 is 1.89 bits per heavy atom. The lowest BCUT2D eigenvalue weighted by atomic mass is 10.3. The predicted molar refractivity (Wildman–Crippen MR) is 68.8 cm³/mol. The van der Waals surface area contributed by atoms with Crippen LogP contribution in [0.15, 0.2) is 24.9 Å². The van der Waals surface area contributed by atoms with E-state index >= 15 is 0 Å². The van der Waals surface area contributed by atoms with Crippen LogP contribution in [0.4, 0.5) is 17.3 Å². The molecular weight excluding hydrogens is 228 g/mol. The van der Waals surface area contributed by atoms with Gasteiger partial charge in [0.05, 0.1) is 11.9 Å². The Labute approximate surface area is 105 Å². The minimum absolute atomic E-state index is 0.145. The second-order valence-corrected chi connectivity index (χ2v) is 4.31. The summed E-state index contributed by atoms with van der Waals surface area (Å²) in [7, 11) is 2.02. The Hall–Kier alpha value is -2.24. The lowest BCUT2D eigenvalue weighted by molar-refractivity contribution is 0.718. The Morgan fingerprint density at radius 3 is 2.67 bits per heavy atom. The molecule has 1 unspecified atom stereocenters. The van der Waals surface area contributed by atoms with Crippen molar-refractivity contribution in [2.75, 3.05) is 16.8 Å². The molecule has 0 bridgehead atoms. The fourth-order valence-corrected chi connectivity index (χ4v) is 2.24. The van der Waals surface area contributed by atoms with Crippen molar-refractivity contribution in [2.45, 2.75) is 20.0 Å². The molecule has 1 atom stereocenters. The van der Waals surface area contributed by atoms with Gasteiger partial charge in [-0.1, -0.05) is 0 Å². The Kier molecular flexibility index (Phi) is 2.36. The van der Waals surface area contributed by atoms with Gasteiger partial charge in [-0.2, -0.15) is 0 Å². The zero-order valence-electron chi connectivity index (χ0n) is 10.6. The summed E-state index contributed by atoms with van der Waals surface area (Å²) in [6.07, 6.45) is 6.93. The van der Waals surface area contributed by atoms with Crippen molar-refractivity contribution in [3.8, 4) is 0 Å². The third kappa shape index (κ3) is 1.42.